The van der Waals surface area contributed by atoms with Gasteiger partial charge in [0, 0.05) is 24.6 Å². The van der Waals surface area contributed by atoms with Gasteiger partial charge in [0.2, 0.25) is 0 Å². The number of hydrogen-bond acceptors (Lipinski definition) is 5. The number of aryl methyl sites for hydroxylation is 1. The van der Waals surface area contributed by atoms with Gasteiger partial charge >= 0.3 is 0 Å². The Morgan fingerprint density at radius 1 is 1.12 bits per heavy atom. The molecule has 0 aliphatic carbocycles. The van der Waals surface area contributed by atoms with Gasteiger partial charge in [-0.05, 0) is 32.8 Å². The molecule has 4 aromatic rings. The van der Waals surface area contributed by atoms with Crippen molar-refractivity contribution in [2.75, 3.05) is 0 Å². The number of fused-ring (bicyclic) bond motifs is 2. The maximum absolute atomic E-state index is 13.3. The van der Waals surface area contributed by atoms with Gasteiger partial charge in [0.1, 0.15) is 5.82 Å². The molecule has 1 aliphatic heterocycles. The molecule has 0 fully saturated rings. The summed E-state index contributed by atoms with van der Waals surface area (Å²) in [4.78, 5) is 18.2. The average Bonchev–Trinajstić information content (AvgIpc) is 3.34. The van der Waals surface area contributed by atoms with E-state index in [4.69, 9.17) is 4.98 Å². The average molecular weight is 430 g/mol. The van der Waals surface area contributed by atoms with Crippen molar-refractivity contribution in [1.29, 1.82) is 0 Å². The van der Waals surface area contributed by atoms with Crippen LogP contribution in [0.2, 0.25) is 0 Å². The molecular weight excluding hydrogens is 402 g/mol. The quantitative estimate of drug-likeness (QED) is 0.519. The summed E-state index contributed by atoms with van der Waals surface area (Å²) in [7, 11) is 0. The number of benzene rings is 1. The first kappa shape index (κ1) is 20.4. The number of hydrogen-bond donors (Lipinski definition) is 1. The molecule has 8 nitrogen and oxygen atoms in total. The molecule has 0 saturated heterocycles. The molecule has 0 spiro atoms. The van der Waals surface area contributed by atoms with Crippen LogP contribution in [0.4, 0.5) is 0 Å². The maximum Gasteiger partial charge on any atom is 0.252 e. The van der Waals surface area contributed by atoms with Crippen molar-refractivity contribution >= 4 is 16.9 Å². The third kappa shape index (κ3) is 3.77. The lowest BCUT2D eigenvalue weighted by atomic mass is 10.1. The maximum atomic E-state index is 13.3. The van der Waals surface area contributed by atoms with E-state index in [1.165, 1.54) is 6.42 Å². The van der Waals surface area contributed by atoms with Gasteiger partial charge in [-0.15, -0.1) is 10.2 Å². The molecule has 1 aromatic carbocycles. The lowest BCUT2D eigenvalue weighted by Gasteiger charge is -2.11. The minimum atomic E-state index is -0.163. The Labute approximate surface area is 186 Å². The zero-order valence-electron chi connectivity index (χ0n) is 18.5. The van der Waals surface area contributed by atoms with Gasteiger partial charge in [0.15, 0.2) is 11.5 Å². The monoisotopic (exact) mass is 429 g/mol. The Morgan fingerprint density at radius 3 is 2.78 bits per heavy atom. The molecule has 32 heavy (non-hydrogen) atoms. The molecule has 1 N–H and O–H groups in total. The van der Waals surface area contributed by atoms with E-state index >= 15 is 0 Å². The lowest BCUT2D eigenvalue weighted by Crippen LogP contribution is -2.25. The molecule has 1 aliphatic rings. The van der Waals surface area contributed by atoms with Crippen LogP contribution in [0.5, 0.6) is 0 Å². The first-order valence-electron chi connectivity index (χ1n) is 11.2. The molecule has 3 aromatic heterocycles. The van der Waals surface area contributed by atoms with Crippen molar-refractivity contribution in [1.82, 2.24) is 34.8 Å². The fourth-order valence-corrected chi connectivity index (χ4v) is 4.27. The summed E-state index contributed by atoms with van der Waals surface area (Å²) in [6.07, 6.45) is 6.13. The summed E-state index contributed by atoms with van der Waals surface area (Å²) < 4.78 is 4.01. The molecule has 164 valence electrons. The minimum absolute atomic E-state index is 0.133. The van der Waals surface area contributed by atoms with Crippen molar-refractivity contribution in [3.8, 4) is 11.3 Å². The molecular formula is C24H27N7O. The fraction of sp³-hybridized carbons (Fsp3) is 0.375. The van der Waals surface area contributed by atoms with Gasteiger partial charge in [0.05, 0.1) is 29.4 Å². The van der Waals surface area contributed by atoms with E-state index in [1.807, 2.05) is 41.1 Å². The Balaban J connectivity index is 1.49. The molecule has 0 radical (unpaired) electrons. The Hall–Kier alpha value is -3.55. The third-order valence-electron chi connectivity index (χ3n) is 5.96. The molecule has 4 heterocycles. The first-order chi connectivity index (χ1) is 15.6. The first-order valence-corrected chi connectivity index (χ1v) is 11.2. The van der Waals surface area contributed by atoms with E-state index in [0.717, 1.165) is 54.1 Å². The van der Waals surface area contributed by atoms with E-state index in [1.54, 1.807) is 6.20 Å². The highest BCUT2D eigenvalue weighted by Gasteiger charge is 2.20. The zero-order valence-corrected chi connectivity index (χ0v) is 18.5. The molecule has 0 atom stereocenters. The van der Waals surface area contributed by atoms with E-state index in [2.05, 4.69) is 39.0 Å². The molecule has 5 rings (SSSR count). The summed E-state index contributed by atoms with van der Waals surface area (Å²) in [6, 6.07) is 11.9. The van der Waals surface area contributed by atoms with Crippen molar-refractivity contribution in [2.45, 2.75) is 58.7 Å². The topological polar surface area (TPSA) is 90.5 Å². The SMILES string of the molecule is CC(C)n1ncc2c(C(=O)NCc3nnc4n3CCCCC4)cc(-c3ccccc3)nc21. The molecule has 0 bridgehead atoms. The van der Waals surface area contributed by atoms with Crippen molar-refractivity contribution in [3.63, 3.8) is 0 Å². The van der Waals surface area contributed by atoms with Gasteiger partial charge in [-0.25, -0.2) is 9.67 Å². The number of nitrogens with one attached hydrogen (secondary N) is 1. The van der Waals surface area contributed by atoms with Crippen LogP contribution in [-0.2, 0) is 19.5 Å². The Kier molecular flexibility index (Phi) is 5.43. The predicted octanol–water partition coefficient (Wildman–Crippen LogP) is 3.93. The summed E-state index contributed by atoms with van der Waals surface area (Å²) in [5.41, 5.74) is 2.99. The smallest absolute Gasteiger partial charge is 0.252 e. The van der Waals surface area contributed by atoms with Gasteiger partial charge in [-0.3, -0.25) is 4.79 Å². The van der Waals surface area contributed by atoms with E-state index in [9.17, 15) is 4.79 Å². The molecule has 0 saturated carbocycles. The van der Waals surface area contributed by atoms with Crippen LogP contribution < -0.4 is 5.32 Å². The van der Waals surface area contributed by atoms with Gasteiger partial charge in [-0.1, -0.05) is 36.8 Å². The van der Waals surface area contributed by atoms with Gasteiger partial charge < -0.3 is 9.88 Å². The highest BCUT2D eigenvalue weighted by atomic mass is 16.1. The van der Waals surface area contributed by atoms with Crippen molar-refractivity contribution < 1.29 is 4.79 Å². The van der Waals surface area contributed by atoms with Gasteiger partial charge in [-0.2, -0.15) is 5.10 Å². The van der Waals surface area contributed by atoms with Crippen LogP contribution >= 0.6 is 0 Å². The van der Waals surface area contributed by atoms with E-state index in [0.29, 0.717) is 17.8 Å². The standard InChI is InChI=1S/C24H27N7O/c1-16(2)31-23-19(14-26-31)18(13-20(27-23)17-9-5-3-6-10-17)24(32)25-15-22-29-28-21-11-7-4-8-12-30(21)22/h3,5-6,9-10,13-14,16H,4,7-8,11-12,15H2,1-2H3,(H,25,32). The molecule has 0 unspecified atom stereocenters. The summed E-state index contributed by atoms with van der Waals surface area (Å²) in [5.74, 6) is 1.66. The second kappa shape index (κ2) is 8.53. The molecule has 1 amide bonds. The number of aromatic nitrogens is 6. The number of nitrogens with zero attached hydrogens (tertiary/aromatic N) is 6. The second-order valence-electron chi connectivity index (χ2n) is 8.52. The van der Waals surface area contributed by atoms with Crippen LogP contribution in [0.1, 0.15) is 61.2 Å². The van der Waals surface area contributed by atoms with Crippen LogP contribution in [-0.4, -0.2) is 35.4 Å². The normalized spacial score (nSPS) is 13.8. The largest absolute Gasteiger partial charge is 0.345 e. The van der Waals surface area contributed by atoms with E-state index in [-0.39, 0.29) is 11.9 Å². The number of amides is 1. The fourth-order valence-electron chi connectivity index (χ4n) is 4.27. The predicted molar refractivity (Wildman–Crippen MR) is 122 cm³/mol. The lowest BCUT2D eigenvalue weighted by molar-refractivity contribution is 0.0951. The Morgan fingerprint density at radius 2 is 1.97 bits per heavy atom. The third-order valence-corrected chi connectivity index (χ3v) is 5.96. The number of pyridine rings is 1. The van der Waals surface area contributed by atoms with Crippen LogP contribution in [0, 0.1) is 0 Å². The van der Waals surface area contributed by atoms with Crippen molar-refractivity contribution in [3.05, 3.63) is 59.8 Å². The number of carbonyl (C=O) groups excluding carboxylic acids is 1. The summed E-state index contributed by atoms with van der Waals surface area (Å²) in [6.45, 7) is 5.36. The number of rotatable bonds is 5. The Bertz CT molecular complexity index is 1260. The van der Waals surface area contributed by atoms with E-state index < -0.39 is 0 Å². The van der Waals surface area contributed by atoms with Crippen LogP contribution in [0.3, 0.4) is 0 Å². The zero-order chi connectivity index (χ0) is 22.1. The van der Waals surface area contributed by atoms with Gasteiger partial charge in [0.25, 0.3) is 5.91 Å². The highest BCUT2D eigenvalue weighted by molar-refractivity contribution is 6.06. The van der Waals surface area contributed by atoms with Crippen molar-refractivity contribution in [2.24, 2.45) is 0 Å². The highest BCUT2D eigenvalue weighted by Crippen LogP contribution is 2.26. The summed E-state index contributed by atoms with van der Waals surface area (Å²) in [5, 5.41) is 17.0. The minimum Gasteiger partial charge on any atom is -0.345 e. The van der Waals surface area contributed by atoms with Crippen LogP contribution in [0.15, 0.2) is 42.6 Å². The second-order valence-corrected chi connectivity index (χ2v) is 8.52. The molecule has 8 heteroatoms. The van der Waals surface area contributed by atoms with Crippen LogP contribution in [0.25, 0.3) is 22.3 Å². The number of carbonyl (C=O) groups is 1. The summed E-state index contributed by atoms with van der Waals surface area (Å²) >= 11 is 0.